The van der Waals surface area contributed by atoms with Crippen LogP contribution in [0.15, 0.2) is 12.1 Å². The Labute approximate surface area is 149 Å². The van der Waals surface area contributed by atoms with E-state index in [9.17, 15) is 0 Å². The van der Waals surface area contributed by atoms with Gasteiger partial charge >= 0.3 is 0 Å². The van der Waals surface area contributed by atoms with Gasteiger partial charge < -0.3 is 5.32 Å². The van der Waals surface area contributed by atoms with Gasteiger partial charge in [-0.3, -0.25) is 4.90 Å². The highest BCUT2D eigenvalue weighted by atomic mass is 35.5. The Morgan fingerprint density at radius 3 is 2.48 bits per heavy atom. The van der Waals surface area contributed by atoms with Gasteiger partial charge in [-0.05, 0) is 12.5 Å². The molecule has 1 aromatic rings. The summed E-state index contributed by atoms with van der Waals surface area (Å²) in [4.78, 5) is 6.69. The Hall–Kier alpha value is 0.230. The molecule has 0 amide bonds. The van der Waals surface area contributed by atoms with Crippen LogP contribution in [0.5, 0.6) is 0 Å². The smallest absolute Gasteiger partial charge is 0.135 e. The number of aromatic nitrogens is 1. The summed E-state index contributed by atoms with van der Waals surface area (Å²) in [7, 11) is 0. The molecule has 1 atom stereocenters. The Morgan fingerprint density at radius 1 is 1.24 bits per heavy atom. The molecule has 0 radical (unpaired) electrons. The molecule has 2 heterocycles. The van der Waals surface area contributed by atoms with Crippen LogP contribution < -0.4 is 5.32 Å². The van der Waals surface area contributed by atoms with Gasteiger partial charge in [-0.1, -0.05) is 49.0 Å². The van der Waals surface area contributed by atoms with Crippen LogP contribution in [0, 0.1) is 0 Å². The second-order valence-corrected chi connectivity index (χ2v) is 5.70. The van der Waals surface area contributed by atoms with Crippen LogP contribution in [0.25, 0.3) is 0 Å². The molecule has 0 aromatic carbocycles. The number of hydrogen-bond donors (Lipinski definition) is 1. The van der Waals surface area contributed by atoms with Crippen molar-refractivity contribution in [3.05, 3.63) is 28.0 Å². The lowest BCUT2D eigenvalue weighted by atomic mass is 10.0. The summed E-state index contributed by atoms with van der Waals surface area (Å²) >= 11 is 12.2. The maximum absolute atomic E-state index is 6.28. The van der Waals surface area contributed by atoms with Gasteiger partial charge in [-0.15, -0.1) is 24.8 Å². The van der Waals surface area contributed by atoms with Gasteiger partial charge in [0.05, 0.1) is 0 Å². The minimum atomic E-state index is 0. The van der Waals surface area contributed by atoms with Gasteiger partial charge in [0.25, 0.3) is 0 Å². The lowest BCUT2D eigenvalue weighted by molar-refractivity contribution is 0.163. The fourth-order valence-corrected chi connectivity index (χ4v) is 3.07. The molecule has 0 saturated carbocycles. The summed E-state index contributed by atoms with van der Waals surface area (Å²) in [5.41, 5.74) is 1.11. The molecule has 1 N–H and O–H groups in total. The van der Waals surface area contributed by atoms with Gasteiger partial charge in [0.2, 0.25) is 0 Å². The highest BCUT2D eigenvalue weighted by Crippen LogP contribution is 2.31. The Balaban J connectivity index is 0.00000200. The first-order valence-electron chi connectivity index (χ1n) is 6.99. The van der Waals surface area contributed by atoms with Crippen molar-refractivity contribution in [3.63, 3.8) is 0 Å². The van der Waals surface area contributed by atoms with E-state index in [1.807, 2.05) is 12.1 Å². The first-order chi connectivity index (χ1) is 9.22. The Morgan fingerprint density at radius 2 is 1.90 bits per heavy atom. The molecule has 0 aliphatic carbocycles. The number of halogens is 4. The van der Waals surface area contributed by atoms with Gasteiger partial charge in [-0.2, -0.15) is 0 Å². The molecule has 2 rings (SSSR count). The molecule has 122 valence electrons. The zero-order chi connectivity index (χ0) is 13.7. The number of piperazine rings is 1. The third-order valence-electron chi connectivity index (χ3n) is 3.63. The molecule has 1 fully saturated rings. The predicted octanol–water partition coefficient (Wildman–Crippen LogP) is 4.37. The van der Waals surface area contributed by atoms with E-state index in [0.29, 0.717) is 16.3 Å². The molecule has 1 aliphatic rings. The van der Waals surface area contributed by atoms with E-state index >= 15 is 0 Å². The number of rotatable bonds is 5. The zero-order valence-electron chi connectivity index (χ0n) is 12.1. The normalized spacial score (nSPS) is 16.7. The van der Waals surface area contributed by atoms with Crippen molar-refractivity contribution < 1.29 is 0 Å². The second-order valence-electron chi connectivity index (χ2n) is 4.96. The van der Waals surface area contributed by atoms with Gasteiger partial charge in [0.15, 0.2) is 0 Å². The van der Waals surface area contributed by atoms with E-state index in [4.69, 9.17) is 23.2 Å². The summed E-state index contributed by atoms with van der Waals surface area (Å²) < 4.78 is 0. The molecule has 7 heteroatoms. The van der Waals surface area contributed by atoms with E-state index in [-0.39, 0.29) is 24.8 Å². The van der Waals surface area contributed by atoms with E-state index in [1.165, 1.54) is 12.8 Å². The Bertz CT molecular complexity index is 411. The molecule has 0 spiro atoms. The van der Waals surface area contributed by atoms with Gasteiger partial charge in [0, 0.05) is 37.8 Å². The third-order valence-corrected chi connectivity index (χ3v) is 4.14. The number of hydrogen-bond acceptors (Lipinski definition) is 3. The van der Waals surface area contributed by atoms with Crippen molar-refractivity contribution in [1.82, 2.24) is 15.2 Å². The maximum Gasteiger partial charge on any atom is 0.135 e. The first kappa shape index (κ1) is 21.2. The number of nitrogens with zero attached hydrogens (tertiary/aromatic N) is 2. The summed E-state index contributed by atoms with van der Waals surface area (Å²) in [6.07, 6.45) is 3.52. The molecule has 1 aromatic heterocycles. The van der Waals surface area contributed by atoms with Crippen LogP contribution in [0.4, 0.5) is 0 Å². The highest BCUT2D eigenvalue weighted by Gasteiger charge is 2.24. The molecule has 3 nitrogen and oxygen atoms in total. The molecule has 1 saturated heterocycles. The average Bonchev–Trinajstić information content (AvgIpc) is 2.42. The van der Waals surface area contributed by atoms with Gasteiger partial charge in [0.1, 0.15) is 10.3 Å². The Kier molecular flexibility index (Phi) is 11.0. The third kappa shape index (κ3) is 6.09. The van der Waals surface area contributed by atoms with Crippen LogP contribution in [0.3, 0.4) is 0 Å². The zero-order valence-corrected chi connectivity index (χ0v) is 15.3. The van der Waals surface area contributed by atoms with Crippen molar-refractivity contribution in [1.29, 1.82) is 0 Å². The summed E-state index contributed by atoms with van der Waals surface area (Å²) in [5.74, 6) is 0. The lowest BCUT2D eigenvalue weighted by Gasteiger charge is -2.35. The molecular formula is C14H23Cl4N3. The summed E-state index contributed by atoms with van der Waals surface area (Å²) in [6, 6.07) is 4.23. The number of pyridine rings is 1. The largest absolute Gasteiger partial charge is 0.314 e. The maximum atomic E-state index is 6.28. The highest BCUT2D eigenvalue weighted by molar-refractivity contribution is 6.32. The van der Waals surface area contributed by atoms with E-state index < -0.39 is 0 Å². The summed E-state index contributed by atoms with van der Waals surface area (Å²) in [6.45, 7) is 6.43. The molecular weight excluding hydrogens is 352 g/mol. The summed E-state index contributed by atoms with van der Waals surface area (Å²) in [5, 5.41) is 4.40. The van der Waals surface area contributed by atoms with E-state index in [1.54, 1.807) is 0 Å². The molecule has 21 heavy (non-hydrogen) atoms. The van der Waals surface area contributed by atoms with Gasteiger partial charge in [-0.25, -0.2) is 4.98 Å². The van der Waals surface area contributed by atoms with Crippen molar-refractivity contribution >= 4 is 48.0 Å². The first-order valence-corrected chi connectivity index (χ1v) is 7.74. The van der Waals surface area contributed by atoms with Crippen LogP contribution in [-0.2, 0) is 0 Å². The fraction of sp³-hybridized carbons (Fsp3) is 0.643. The average molecular weight is 375 g/mol. The molecule has 1 aliphatic heterocycles. The lowest BCUT2D eigenvalue weighted by Crippen LogP contribution is -2.45. The minimum absolute atomic E-state index is 0. The van der Waals surface area contributed by atoms with Crippen molar-refractivity contribution in [2.24, 2.45) is 0 Å². The van der Waals surface area contributed by atoms with Crippen LogP contribution >= 0.6 is 48.0 Å². The SMILES string of the molecule is CCCC[C@@H](c1ccc(Cl)nc1Cl)N1CCNCC1.Cl.Cl. The molecule has 0 unspecified atom stereocenters. The van der Waals surface area contributed by atoms with Crippen LogP contribution in [-0.4, -0.2) is 36.1 Å². The standard InChI is InChI=1S/C14H21Cl2N3.2ClH/c1-2-3-4-12(19-9-7-17-8-10-19)11-5-6-13(15)18-14(11)16;;/h5-6,12,17H,2-4,7-10H2,1H3;2*1H/t12-;;/m0../s1. The second kappa shape index (κ2) is 10.9. The quantitative estimate of drug-likeness (QED) is 0.775. The topological polar surface area (TPSA) is 28.2 Å². The monoisotopic (exact) mass is 373 g/mol. The van der Waals surface area contributed by atoms with Crippen LogP contribution in [0.1, 0.15) is 37.8 Å². The number of nitrogens with one attached hydrogen (secondary N) is 1. The molecule has 0 bridgehead atoms. The predicted molar refractivity (Wildman–Crippen MR) is 95.5 cm³/mol. The van der Waals surface area contributed by atoms with Crippen LogP contribution in [0.2, 0.25) is 10.3 Å². The van der Waals surface area contributed by atoms with Crippen molar-refractivity contribution in [3.8, 4) is 0 Å². The van der Waals surface area contributed by atoms with E-state index in [2.05, 4.69) is 22.1 Å². The van der Waals surface area contributed by atoms with E-state index in [0.717, 1.165) is 38.2 Å². The van der Waals surface area contributed by atoms with Crippen molar-refractivity contribution in [2.45, 2.75) is 32.2 Å². The van der Waals surface area contributed by atoms with Crippen molar-refractivity contribution in [2.75, 3.05) is 26.2 Å². The minimum Gasteiger partial charge on any atom is -0.314 e. The fourth-order valence-electron chi connectivity index (χ4n) is 2.60. The number of unbranched alkanes of at least 4 members (excludes halogenated alkanes) is 1.